The zero-order chi connectivity index (χ0) is 24.2. The Morgan fingerprint density at radius 3 is 2.26 bits per heavy atom. The van der Waals surface area contributed by atoms with Crippen molar-refractivity contribution in [2.45, 2.75) is 51.4 Å². The summed E-state index contributed by atoms with van der Waals surface area (Å²) in [6, 6.07) is 10.5. The first-order valence-electron chi connectivity index (χ1n) is 12.3. The summed E-state index contributed by atoms with van der Waals surface area (Å²) in [5.74, 6) is -1.83. The number of alkyl halides is 2. The fraction of sp³-hybridized carbons (Fsp3) is 0.500. The van der Waals surface area contributed by atoms with Crippen LogP contribution in [0.5, 0.6) is 0 Å². The standard InChI is InChI=1S/C26H28F2IN5S/c1-17-14-18(15-22(30-17)34-12-8-26(27,28)9-13-34)23-31-32-24(35-23)20-3-2-19(29)16-21(20)33-10-6-25(4-5-25)7-11-33/h2-3,14-16H,4-13H2,1H3. The Bertz CT molecular complexity index is 1240. The minimum atomic E-state index is -2.57. The lowest BCUT2D eigenvalue weighted by Crippen LogP contribution is -2.39. The smallest absolute Gasteiger partial charge is 0.251 e. The summed E-state index contributed by atoms with van der Waals surface area (Å²) in [4.78, 5) is 9.10. The maximum Gasteiger partial charge on any atom is 0.251 e. The lowest BCUT2D eigenvalue weighted by atomic mass is 9.93. The maximum absolute atomic E-state index is 13.6. The molecule has 6 rings (SSSR count). The molecule has 1 aromatic carbocycles. The average molecular weight is 608 g/mol. The summed E-state index contributed by atoms with van der Waals surface area (Å²) >= 11 is 3.97. The van der Waals surface area contributed by atoms with Crippen molar-refractivity contribution in [1.82, 2.24) is 15.2 Å². The van der Waals surface area contributed by atoms with Gasteiger partial charge in [-0.05, 0) is 90.9 Å². The fourth-order valence-electron chi connectivity index (χ4n) is 5.29. The van der Waals surface area contributed by atoms with Crippen molar-refractivity contribution in [3.05, 3.63) is 39.6 Å². The Morgan fingerprint density at radius 1 is 0.857 bits per heavy atom. The van der Waals surface area contributed by atoms with Crippen LogP contribution in [0.25, 0.3) is 21.1 Å². The molecule has 0 atom stereocenters. The average Bonchev–Trinajstić information content (AvgIpc) is 3.39. The van der Waals surface area contributed by atoms with Gasteiger partial charge in [0.15, 0.2) is 0 Å². The maximum atomic E-state index is 13.6. The Hall–Kier alpha value is -1.88. The van der Waals surface area contributed by atoms with Crippen molar-refractivity contribution in [3.63, 3.8) is 0 Å². The molecule has 0 N–H and O–H groups in total. The molecule has 1 spiro atoms. The molecule has 9 heteroatoms. The van der Waals surface area contributed by atoms with Gasteiger partial charge in [0.1, 0.15) is 15.8 Å². The summed E-state index contributed by atoms with van der Waals surface area (Å²) in [5.41, 5.74) is 4.80. The highest BCUT2D eigenvalue weighted by molar-refractivity contribution is 14.1. The van der Waals surface area contributed by atoms with Crippen LogP contribution < -0.4 is 9.80 Å². The van der Waals surface area contributed by atoms with E-state index in [1.54, 1.807) is 11.3 Å². The van der Waals surface area contributed by atoms with Crippen LogP contribution in [0.3, 0.4) is 0 Å². The van der Waals surface area contributed by atoms with Crippen molar-refractivity contribution in [3.8, 4) is 21.1 Å². The third-order valence-electron chi connectivity index (χ3n) is 7.74. The highest BCUT2D eigenvalue weighted by Gasteiger charge is 2.44. The van der Waals surface area contributed by atoms with E-state index in [4.69, 9.17) is 0 Å². The van der Waals surface area contributed by atoms with Crippen LogP contribution >= 0.6 is 33.9 Å². The number of piperidine rings is 2. The normalized spacial score (nSPS) is 20.9. The van der Waals surface area contributed by atoms with E-state index in [-0.39, 0.29) is 12.8 Å². The van der Waals surface area contributed by atoms with Gasteiger partial charge in [0.25, 0.3) is 5.92 Å². The van der Waals surface area contributed by atoms with Crippen LogP contribution in [0.1, 0.15) is 44.2 Å². The minimum absolute atomic E-state index is 0.131. The highest BCUT2D eigenvalue weighted by Crippen LogP contribution is 2.54. The molecule has 2 aliphatic heterocycles. The molecule has 5 nitrogen and oxygen atoms in total. The second-order valence-electron chi connectivity index (χ2n) is 10.3. The Balaban J connectivity index is 1.28. The quantitative estimate of drug-likeness (QED) is 0.306. The van der Waals surface area contributed by atoms with Crippen LogP contribution in [-0.4, -0.2) is 47.3 Å². The zero-order valence-corrected chi connectivity index (χ0v) is 22.7. The van der Waals surface area contributed by atoms with Gasteiger partial charge in [-0.15, -0.1) is 10.2 Å². The van der Waals surface area contributed by atoms with E-state index in [1.807, 2.05) is 24.0 Å². The molecule has 1 saturated carbocycles. The van der Waals surface area contributed by atoms with Crippen molar-refractivity contribution >= 4 is 45.4 Å². The summed E-state index contributed by atoms with van der Waals surface area (Å²) in [5, 5.41) is 10.9. The largest absolute Gasteiger partial charge is 0.371 e. The second-order valence-corrected chi connectivity index (χ2v) is 12.5. The molecule has 2 saturated heterocycles. The van der Waals surface area contributed by atoms with Crippen LogP contribution in [0.4, 0.5) is 20.3 Å². The number of pyridine rings is 1. The van der Waals surface area contributed by atoms with Crippen LogP contribution in [0, 0.1) is 15.9 Å². The molecule has 3 aromatic rings. The highest BCUT2D eigenvalue weighted by atomic mass is 127. The van der Waals surface area contributed by atoms with E-state index in [0.717, 1.165) is 45.7 Å². The van der Waals surface area contributed by atoms with E-state index < -0.39 is 5.92 Å². The first kappa shape index (κ1) is 23.5. The topological polar surface area (TPSA) is 45.2 Å². The van der Waals surface area contributed by atoms with Crippen LogP contribution in [0.15, 0.2) is 30.3 Å². The number of hydrogen-bond acceptors (Lipinski definition) is 6. The number of nitrogens with zero attached hydrogens (tertiary/aromatic N) is 5. The Morgan fingerprint density at radius 2 is 1.54 bits per heavy atom. The van der Waals surface area contributed by atoms with Crippen molar-refractivity contribution in [2.75, 3.05) is 36.0 Å². The monoisotopic (exact) mass is 607 g/mol. The number of halogens is 3. The third-order valence-corrected chi connectivity index (χ3v) is 9.42. The summed E-state index contributed by atoms with van der Waals surface area (Å²) < 4.78 is 28.5. The van der Waals surface area contributed by atoms with Gasteiger partial charge in [-0.2, -0.15) is 0 Å². The lowest BCUT2D eigenvalue weighted by Gasteiger charge is -2.35. The molecule has 0 amide bonds. The van der Waals surface area contributed by atoms with E-state index >= 15 is 0 Å². The van der Waals surface area contributed by atoms with E-state index in [0.29, 0.717) is 18.5 Å². The first-order chi connectivity index (χ1) is 16.8. The molecule has 0 unspecified atom stereocenters. The summed E-state index contributed by atoms with van der Waals surface area (Å²) in [7, 11) is 0. The lowest BCUT2D eigenvalue weighted by molar-refractivity contribution is -0.0221. The predicted octanol–water partition coefficient (Wildman–Crippen LogP) is 6.80. The van der Waals surface area contributed by atoms with Gasteiger partial charge in [-0.3, -0.25) is 0 Å². The molecule has 3 aliphatic rings. The predicted molar refractivity (Wildman–Crippen MR) is 146 cm³/mol. The van der Waals surface area contributed by atoms with Crippen molar-refractivity contribution in [1.29, 1.82) is 0 Å². The van der Waals surface area contributed by atoms with Gasteiger partial charge in [0, 0.05) is 65.1 Å². The van der Waals surface area contributed by atoms with Gasteiger partial charge < -0.3 is 9.80 Å². The molecule has 3 fully saturated rings. The summed E-state index contributed by atoms with van der Waals surface area (Å²) in [6.45, 7) is 4.76. The molecule has 4 heterocycles. The number of benzene rings is 1. The van der Waals surface area contributed by atoms with Gasteiger partial charge in [-0.1, -0.05) is 11.3 Å². The van der Waals surface area contributed by atoms with E-state index in [9.17, 15) is 8.78 Å². The second kappa shape index (κ2) is 8.90. The zero-order valence-electron chi connectivity index (χ0n) is 19.7. The first-order valence-corrected chi connectivity index (χ1v) is 14.2. The number of hydrogen-bond donors (Lipinski definition) is 0. The third kappa shape index (κ3) is 4.90. The van der Waals surface area contributed by atoms with Crippen molar-refractivity contribution < 1.29 is 8.78 Å². The van der Waals surface area contributed by atoms with Crippen LogP contribution in [-0.2, 0) is 0 Å². The SMILES string of the molecule is Cc1cc(-c2nnc(-c3ccc(I)cc3N3CCC4(CC3)CC4)s2)cc(N2CCC(F)(F)CC2)n1. The summed E-state index contributed by atoms with van der Waals surface area (Å²) in [6.07, 6.45) is 5.09. The van der Waals surface area contributed by atoms with E-state index in [1.165, 1.54) is 34.9 Å². The number of rotatable bonds is 4. The van der Waals surface area contributed by atoms with Crippen molar-refractivity contribution in [2.24, 2.45) is 5.41 Å². The molecular weight excluding hydrogens is 579 g/mol. The molecule has 0 bridgehead atoms. The van der Waals surface area contributed by atoms with E-state index in [2.05, 4.69) is 60.9 Å². The molecule has 0 radical (unpaired) electrons. The molecule has 35 heavy (non-hydrogen) atoms. The molecule has 2 aromatic heterocycles. The van der Waals surface area contributed by atoms with Gasteiger partial charge in [0.2, 0.25) is 0 Å². The number of aromatic nitrogens is 3. The van der Waals surface area contributed by atoms with Crippen LogP contribution in [0.2, 0.25) is 0 Å². The number of anilines is 2. The van der Waals surface area contributed by atoms with Gasteiger partial charge in [0.05, 0.1) is 0 Å². The molecule has 184 valence electrons. The minimum Gasteiger partial charge on any atom is -0.371 e. The fourth-order valence-corrected chi connectivity index (χ4v) is 6.63. The molecule has 1 aliphatic carbocycles. The van der Waals surface area contributed by atoms with Gasteiger partial charge >= 0.3 is 0 Å². The molecular formula is C26H28F2IN5S. The number of aryl methyl sites for hydroxylation is 1. The Labute approximate surface area is 222 Å². The Kier molecular flexibility index (Phi) is 5.98. The van der Waals surface area contributed by atoms with Gasteiger partial charge in [-0.25, -0.2) is 13.8 Å².